The first-order chi connectivity index (χ1) is 15.8. The molecule has 1 aromatic carbocycles. The van der Waals surface area contributed by atoms with E-state index in [1.54, 1.807) is 11.2 Å². The van der Waals surface area contributed by atoms with Crippen molar-refractivity contribution in [2.75, 3.05) is 26.2 Å². The summed E-state index contributed by atoms with van der Waals surface area (Å²) in [5.74, 6) is 0.573. The maximum atomic E-state index is 13.5. The van der Waals surface area contributed by atoms with Crippen LogP contribution in [0.2, 0.25) is 0 Å². The maximum Gasteiger partial charge on any atom is 0.298 e. The quantitative estimate of drug-likeness (QED) is 0.558. The van der Waals surface area contributed by atoms with Gasteiger partial charge in [-0.1, -0.05) is 38.1 Å². The molecule has 2 aromatic heterocycles. The lowest BCUT2D eigenvalue weighted by Crippen LogP contribution is -2.50. The lowest BCUT2D eigenvalue weighted by atomic mass is 9.85. The van der Waals surface area contributed by atoms with Crippen LogP contribution >= 0.6 is 0 Å². The highest BCUT2D eigenvalue weighted by Crippen LogP contribution is 2.31. The van der Waals surface area contributed by atoms with Crippen LogP contribution in [-0.2, 0) is 22.1 Å². The van der Waals surface area contributed by atoms with Crippen LogP contribution < -0.4 is 5.56 Å². The Balaban J connectivity index is 1.52. The van der Waals surface area contributed by atoms with Gasteiger partial charge in [0.2, 0.25) is 10.0 Å². The Kier molecular flexibility index (Phi) is 6.20. The van der Waals surface area contributed by atoms with Crippen molar-refractivity contribution >= 4 is 20.9 Å². The van der Waals surface area contributed by atoms with Crippen LogP contribution in [-0.4, -0.2) is 58.7 Å². The number of hydrogen-bond acceptors (Lipinski definition) is 7. The van der Waals surface area contributed by atoms with Gasteiger partial charge in [-0.2, -0.15) is 9.40 Å². The van der Waals surface area contributed by atoms with E-state index in [-0.39, 0.29) is 23.2 Å². The topological polar surface area (TPSA) is 102 Å². The normalized spacial score (nSPS) is 16.4. The van der Waals surface area contributed by atoms with Gasteiger partial charge >= 0.3 is 0 Å². The van der Waals surface area contributed by atoms with Crippen LogP contribution in [0.15, 0.2) is 26.3 Å². The average Bonchev–Trinajstić information content (AvgIpc) is 3.13. The summed E-state index contributed by atoms with van der Waals surface area (Å²) in [6.45, 7) is 15.7. The van der Waals surface area contributed by atoms with E-state index in [2.05, 4.69) is 31.0 Å². The van der Waals surface area contributed by atoms with Gasteiger partial charge in [0, 0.05) is 26.2 Å². The van der Waals surface area contributed by atoms with E-state index < -0.39 is 10.0 Å². The summed E-state index contributed by atoms with van der Waals surface area (Å²) in [5, 5.41) is 8.97. The second-order valence-corrected chi connectivity index (χ2v) is 12.1. The van der Waals surface area contributed by atoms with Crippen LogP contribution in [0.3, 0.4) is 0 Å². The van der Waals surface area contributed by atoms with Crippen molar-refractivity contribution in [2.24, 2.45) is 0 Å². The van der Waals surface area contributed by atoms with Crippen molar-refractivity contribution in [1.82, 2.24) is 24.1 Å². The second kappa shape index (κ2) is 8.58. The first-order valence-electron chi connectivity index (χ1n) is 11.5. The third-order valence-corrected chi connectivity index (χ3v) is 8.73. The number of fused-ring (bicyclic) bond motifs is 1. The summed E-state index contributed by atoms with van der Waals surface area (Å²) in [5.41, 5.74) is 3.26. The minimum atomic E-state index is -3.62. The molecule has 0 unspecified atom stereocenters. The summed E-state index contributed by atoms with van der Waals surface area (Å²) >= 11 is 0. The van der Waals surface area contributed by atoms with Gasteiger partial charge in [-0.3, -0.25) is 9.69 Å². The molecule has 3 aromatic rings. The smallest absolute Gasteiger partial charge is 0.298 e. The zero-order valence-electron chi connectivity index (χ0n) is 21.0. The molecule has 1 saturated heterocycles. The Hall–Kier alpha value is -2.56. The SMILES string of the molecule is Cc1cc(C(C)(C)C)cc(C)c1S(=O)(=O)N1CCN(Cn2nc(C)c3c(C)onc3c2=O)CC1. The van der Waals surface area contributed by atoms with Crippen LogP contribution in [0.4, 0.5) is 0 Å². The van der Waals surface area contributed by atoms with Gasteiger partial charge in [-0.25, -0.2) is 13.1 Å². The molecule has 3 heterocycles. The molecule has 4 rings (SSSR count). The zero-order valence-corrected chi connectivity index (χ0v) is 21.8. The third-order valence-electron chi connectivity index (χ3n) is 6.52. The van der Waals surface area contributed by atoms with Crippen LogP contribution in [0.5, 0.6) is 0 Å². The van der Waals surface area contributed by atoms with Gasteiger partial charge in [0.05, 0.1) is 22.6 Å². The largest absolute Gasteiger partial charge is 0.360 e. The number of rotatable bonds is 4. The summed E-state index contributed by atoms with van der Waals surface area (Å²) in [4.78, 5) is 15.2. The maximum absolute atomic E-state index is 13.5. The van der Waals surface area contributed by atoms with Gasteiger partial charge in [0.1, 0.15) is 5.76 Å². The van der Waals surface area contributed by atoms with E-state index >= 15 is 0 Å². The van der Waals surface area contributed by atoms with Crippen molar-refractivity contribution in [2.45, 2.75) is 65.4 Å². The Morgan fingerprint density at radius 3 is 2.15 bits per heavy atom. The predicted octanol–water partition coefficient (Wildman–Crippen LogP) is 2.88. The molecule has 0 N–H and O–H groups in total. The van der Waals surface area contributed by atoms with E-state index in [1.807, 2.05) is 37.8 Å². The van der Waals surface area contributed by atoms with E-state index in [1.165, 1.54) is 4.68 Å². The molecule has 9 nitrogen and oxygen atoms in total. The second-order valence-electron chi connectivity index (χ2n) is 10.2. The zero-order chi connectivity index (χ0) is 25.0. The van der Waals surface area contributed by atoms with E-state index in [0.717, 1.165) is 16.7 Å². The van der Waals surface area contributed by atoms with Crippen molar-refractivity contribution < 1.29 is 12.9 Å². The lowest BCUT2D eigenvalue weighted by molar-refractivity contribution is 0.143. The standard InChI is InChI=1S/C24H33N5O4S/c1-15-12-19(24(5,6)7)13-16(2)22(15)34(31,32)28-10-8-27(9-11-28)14-29-23(30)21-20(17(3)25-29)18(4)33-26-21/h12-13H,8-11,14H2,1-7H3. The highest BCUT2D eigenvalue weighted by molar-refractivity contribution is 7.89. The highest BCUT2D eigenvalue weighted by Gasteiger charge is 2.32. The molecular formula is C24H33N5O4S. The summed E-state index contributed by atoms with van der Waals surface area (Å²) in [7, 11) is -3.62. The van der Waals surface area contributed by atoms with Crippen LogP contribution in [0, 0.1) is 27.7 Å². The Labute approximate surface area is 200 Å². The van der Waals surface area contributed by atoms with Gasteiger partial charge in [-0.05, 0) is 49.8 Å². The molecule has 0 bridgehead atoms. The minimum absolute atomic E-state index is 0.0540. The molecule has 0 saturated carbocycles. The van der Waals surface area contributed by atoms with E-state index in [9.17, 15) is 13.2 Å². The Morgan fingerprint density at radius 2 is 1.59 bits per heavy atom. The van der Waals surface area contributed by atoms with Crippen LogP contribution in [0.25, 0.3) is 10.9 Å². The van der Waals surface area contributed by atoms with E-state index in [0.29, 0.717) is 47.9 Å². The van der Waals surface area contributed by atoms with Gasteiger partial charge in [0.15, 0.2) is 5.52 Å². The summed E-state index contributed by atoms with van der Waals surface area (Å²) < 4.78 is 35.1. The number of hydrogen-bond donors (Lipinski definition) is 0. The molecule has 0 amide bonds. The lowest BCUT2D eigenvalue weighted by Gasteiger charge is -2.34. The summed E-state index contributed by atoms with van der Waals surface area (Å²) in [6, 6.07) is 3.97. The van der Waals surface area contributed by atoms with E-state index in [4.69, 9.17) is 4.52 Å². The first kappa shape index (κ1) is 24.6. The molecule has 0 aliphatic carbocycles. The fourth-order valence-electron chi connectivity index (χ4n) is 4.66. The van der Waals surface area contributed by atoms with Crippen molar-refractivity contribution in [3.05, 3.63) is 50.6 Å². The summed E-state index contributed by atoms with van der Waals surface area (Å²) in [6.07, 6.45) is 0. The number of aryl methyl sites for hydroxylation is 4. The number of benzene rings is 1. The number of sulfonamides is 1. The fraction of sp³-hybridized carbons (Fsp3) is 0.542. The van der Waals surface area contributed by atoms with Crippen LogP contribution in [0.1, 0.15) is 48.9 Å². The Morgan fingerprint density at radius 1 is 1.00 bits per heavy atom. The highest BCUT2D eigenvalue weighted by atomic mass is 32.2. The minimum Gasteiger partial charge on any atom is -0.360 e. The monoisotopic (exact) mass is 487 g/mol. The number of piperazine rings is 1. The molecule has 1 fully saturated rings. The molecule has 34 heavy (non-hydrogen) atoms. The molecular weight excluding hydrogens is 454 g/mol. The van der Waals surface area contributed by atoms with Gasteiger partial charge < -0.3 is 4.52 Å². The first-order valence-corrected chi connectivity index (χ1v) is 12.9. The van der Waals surface area contributed by atoms with Gasteiger partial charge in [-0.15, -0.1) is 0 Å². The third kappa shape index (κ3) is 4.30. The number of aromatic nitrogens is 3. The Bertz CT molecular complexity index is 1380. The molecule has 1 aliphatic rings. The fourth-order valence-corrected chi connectivity index (χ4v) is 6.49. The molecule has 0 atom stereocenters. The van der Waals surface area contributed by atoms with Gasteiger partial charge in [0.25, 0.3) is 5.56 Å². The van der Waals surface area contributed by atoms with Crippen molar-refractivity contribution in [1.29, 1.82) is 0 Å². The van der Waals surface area contributed by atoms with Crippen molar-refractivity contribution in [3.8, 4) is 0 Å². The molecule has 0 spiro atoms. The molecule has 10 heteroatoms. The molecule has 184 valence electrons. The van der Waals surface area contributed by atoms with Crippen molar-refractivity contribution in [3.63, 3.8) is 0 Å². The molecule has 1 aliphatic heterocycles. The predicted molar refractivity (Wildman–Crippen MR) is 130 cm³/mol. The number of nitrogens with zero attached hydrogens (tertiary/aromatic N) is 5. The molecule has 0 radical (unpaired) electrons. The average molecular weight is 488 g/mol.